The van der Waals surface area contributed by atoms with E-state index in [1.807, 2.05) is 73.7 Å². The van der Waals surface area contributed by atoms with Crippen molar-refractivity contribution < 1.29 is 33.7 Å². The summed E-state index contributed by atoms with van der Waals surface area (Å²) in [6.07, 6.45) is 5.82. The Bertz CT molecular complexity index is 935. The molecule has 0 fully saturated rings. The Hall–Kier alpha value is -4.39. The van der Waals surface area contributed by atoms with Gasteiger partial charge in [0.1, 0.15) is 19.0 Å². The second-order valence-corrected chi connectivity index (χ2v) is 6.96. The summed E-state index contributed by atoms with van der Waals surface area (Å²) in [5.74, 6) is -0.927. The van der Waals surface area contributed by atoms with Gasteiger partial charge in [-0.25, -0.2) is 14.4 Å². The van der Waals surface area contributed by atoms with Gasteiger partial charge in [-0.1, -0.05) is 94.3 Å². The number of carboxylic acids is 1. The van der Waals surface area contributed by atoms with Gasteiger partial charge in [0.05, 0.1) is 6.61 Å². The second-order valence-electron chi connectivity index (χ2n) is 6.96. The number of carbonyl (C=O) groups is 3. The van der Waals surface area contributed by atoms with E-state index in [4.69, 9.17) is 14.6 Å². The van der Waals surface area contributed by atoms with Gasteiger partial charge in [-0.3, -0.25) is 0 Å². The summed E-state index contributed by atoms with van der Waals surface area (Å²) in [5, 5.41) is 7.60. The standard InChI is InChI=1S/C12H14O3.C8H8.C7H12O2.C3H4O2/c1-10(2)12(13)15-9-8-14-11-6-4-3-5-7-11;1-2-8-6-4-3-5-7-8;1-3-5-6-9-7(8)4-2;1-2-3(4)5/h3-7H,1,8-9H2,2H3;2-7H,1H2;4H,2-3,5-6H2,1H3;2H,1H2,(H,4,5). The molecule has 0 atom stereocenters. The Kier molecular flexibility index (Phi) is 23.2. The SMILES string of the molecule is C=C(C)C(=O)OCCOc1ccccc1.C=CC(=O)O.C=CC(=O)OCCCC.C=Cc1ccccc1. The van der Waals surface area contributed by atoms with Gasteiger partial charge in [-0.15, -0.1) is 0 Å². The highest BCUT2D eigenvalue weighted by Gasteiger charge is 2.02. The maximum absolute atomic E-state index is 11.0. The summed E-state index contributed by atoms with van der Waals surface area (Å²) in [4.78, 5) is 30.6. The average molecular weight is 511 g/mol. The molecule has 0 spiro atoms. The average Bonchev–Trinajstić information content (AvgIpc) is 2.93. The fourth-order valence-corrected chi connectivity index (χ4v) is 1.90. The number of carbonyl (C=O) groups excluding carboxylic acids is 2. The van der Waals surface area contributed by atoms with Gasteiger partial charge in [0, 0.05) is 17.7 Å². The largest absolute Gasteiger partial charge is 0.490 e. The molecule has 0 unspecified atom stereocenters. The van der Waals surface area contributed by atoms with Crippen LogP contribution in [0.4, 0.5) is 0 Å². The van der Waals surface area contributed by atoms with Crippen LogP contribution >= 0.6 is 0 Å². The van der Waals surface area contributed by atoms with Gasteiger partial charge >= 0.3 is 17.9 Å². The molecule has 1 N–H and O–H groups in total. The number of para-hydroxylation sites is 1. The molecule has 0 heterocycles. The van der Waals surface area contributed by atoms with E-state index in [-0.39, 0.29) is 18.5 Å². The molecule has 0 bridgehead atoms. The first kappa shape index (κ1) is 34.8. The van der Waals surface area contributed by atoms with E-state index in [0.29, 0.717) is 18.8 Å². The van der Waals surface area contributed by atoms with Crippen LogP contribution in [0.5, 0.6) is 5.75 Å². The number of hydrogen-bond acceptors (Lipinski definition) is 6. The molecule has 200 valence electrons. The van der Waals surface area contributed by atoms with Crippen molar-refractivity contribution in [2.75, 3.05) is 19.8 Å². The zero-order valence-electron chi connectivity index (χ0n) is 21.8. The molecule has 0 amide bonds. The van der Waals surface area contributed by atoms with E-state index in [2.05, 4.69) is 31.1 Å². The summed E-state index contributed by atoms with van der Waals surface area (Å²) in [5.41, 5.74) is 1.57. The van der Waals surface area contributed by atoms with E-state index in [1.54, 1.807) is 6.92 Å². The predicted octanol–water partition coefficient (Wildman–Crippen LogP) is 6.29. The highest BCUT2D eigenvalue weighted by Crippen LogP contribution is 2.07. The smallest absolute Gasteiger partial charge is 0.333 e. The zero-order valence-corrected chi connectivity index (χ0v) is 21.8. The molecular formula is C30H38O7. The monoisotopic (exact) mass is 510 g/mol. The number of esters is 2. The molecule has 0 aliphatic rings. The van der Waals surface area contributed by atoms with Gasteiger partial charge in [0.15, 0.2) is 0 Å². The van der Waals surface area contributed by atoms with E-state index in [9.17, 15) is 14.4 Å². The van der Waals surface area contributed by atoms with Crippen LogP contribution in [-0.2, 0) is 23.9 Å². The number of benzene rings is 2. The third kappa shape index (κ3) is 24.5. The fraction of sp³-hybridized carbons (Fsp3) is 0.233. The number of unbranched alkanes of at least 4 members (excludes halogenated alkanes) is 1. The van der Waals surface area contributed by atoms with E-state index >= 15 is 0 Å². The van der Waals surface area contributed by atoms with Crippen molar-refractivity contribution in [3.63, 3.8) is 0 Å². The van der Waals surface area contributed by atoms with E-state index in [1.165, 1.54) is 11.6 Å². The van der Waals surface area contributed by atoms with Gasteiger partial charge in [-0.05, 0) is 31.0 Å². The van der Waals surface area contributed by atoms with Crippen molar-refractivity contribution in [2.24, 2.45) is 0 Å². The van der Waals surface area contributed by atoms with Crippen LogP contribution in [0, 0.1) is 0 Å². The third-order valence-electron chi connectivity index (χ3n) is 3.80. The first-order valence-corrected chi connectivity index (χ1v) is 11.5. The first-order chi connectivity index (χ1) is 17.7. The number of carboxylic acid groups (broad SMARTS) is 1. The summed E-state index contributed by atoms with van der Waals surface area (Å²) in [6.45, 7) is 18.1. The van der Waals surface area contributed by atoms with Crippen LogP contribution in [0.25, 0.3) is 6.08 Å². The Morgan fingerprint density at radius 3 is 1.78 bits per heavy atom. The van der Waals surface area contributed by atoms with Crippen LogP contribution < -0.4 is 4.74 Å². The molecule has 2 rings (SSSR count). The molecule has 0 radical (unpaired) electrons. The Morgan fingerprint density at radius 2 is 1.38 bits per heavy atom. The van der Waals surface area contributed by atoms with Crippen molar-refractivity contribution in [3.8, 4) is 5.75 Å². The lowest BCUT2D eigenvalue weighted by Gasteiger charge is -2.06. The number of aliphatic carboxylic acids is 1. The van der Waals surface area contributed by atoms with Crippen LogP contribution in [0.1, 0.15) is 32.3 Å². The molecule has 37 heavy (non-hydrogen) atoms. The quantitative estimate of drug-likeness (QED) is 0.215. The lowest BCUT2D eigenvalue weighted by molar-refractivity contribution is -0.140. The minimum Gasteiger partial charge on any atom is -0.490 e. The molecule has 0 saturated heterocycles. The zero-order chi connectivity index (χ0) is 28.3. The van der Waals surface area contributed by atoms with Gasteiger partial charge in [0.2, 0.25) is 0 Å². The molecule has 0 aromatic heterocycles. The number of hydrogen-bond donors (Lipinski definition) is 1. The summed E-state index contributed by atoms with van der Waals surface area (Å²) < 4.78 is 14.9. The highest BCUT2D eigenvalue weighted by atomic mass is 16.6. The van der Waals surface area contributed by atoms with Crippen LogP contribution in [0.2, 0.25) is 0 Å². The molecule has 7 heteroatoms. The Morgan fingerprint density at radius 1 is 0.838 bits per heavy atom. The predicted molar refractivity (Wildman–Crippen MR) is 148 cm³/mol. The lowest BCUT2D eigenvalue weighted by atomic mass is 10.2. The van der Waals surface area contributed by atoms with Crippen molar-refractivity contribution >= 4 is 24.0 Å². The maximum atomic E-state index is 11.0. The molecule has 2 aromatic carbocycles. The van der Waals surface area contributed by atoms with Crippen LogP contribution in [0.3, 0.4) is 0 Å². The Balaban J connectivity index is 0. The van der Waals surface area contributed by atoms with Gasteiger partial charge < -0.3 is 19.3 Å². The minimum atomic E-state index is -0.981. The highest BCUT2D eigenvalue weighted by molar-refractivity contribution is 5.86. The number of rotatable bonds is 11. The van der Waals surface area contributed by atoms with Crippen molar-refractivity contribution in [1.82, 2.24) is 0 Å². The molecule has 7 nitrogen and oxygen atoms in total. The summed E-state index contributed by atoms with van der Waals surface area (Å²) in [7, 11) is 0. The topological polar surface area (TPSA) is 99.1 Å². The number of ether oxygens (including phenoxy) is 3. The fourth-order valence-electron chi connectivity index (χ4n) is 1.90. The summed E-state index contributed by atoms with van der Waals surface area (Å²) in [6, 6.07) is 19.4. The lowest BCUT2D eigenvalue weighted by Crippen LogP contribution is -2.12. The van der Waals surface area contributed by atoms with Crippen molar-refractivity contribution in [1.29, 1.82) is 0 Å². The van der Waals surface area contributed by atoms with Gasteiger partial charge in [-0.2, -0.15) is 0 Å². The molecule has 0 aliphatic heterocycles. The summed E-state index contributed by atoms with van der Waals surface area (Å²) >= 11 is 0. The van der Waals surface area contributed by atoms with E-state index < -0.39 is 5.97 Å². The molecule has 0 aliphatic carbocycles. The van der Waals surface area contributed by atoms with Crippen LogP contribution in [-0.4, -0.2) is 42.8 Å². The minimum absolute atomic E-state index is 0.237. The molecule has 2 aromatic rings. The van der Waals surface area contributed by atoms with Gasteiger partial charge in [0.25, 0.3) is 0 Å². The van der Waals surface area contributed by atoms with E-state index in [0.717, 1.165) is 24.7 Å². The first-order valence-electron chi connectivity index (χ1n) is 11.5. The second kappa shape index (κ2) is 24.7. The molecular weight excluding hydrogens is 472 g/mol. The third-order valence-corrected chi connectivity index (χ3v) is 3.80. The maximum Gasteiger partial charge on any atom is 0.333 e. The Labute approximate surface area is 220 Å². The van der Waals surface area contributed by atoms with Crippen molar-refractivity contribution in [2.45, 2.75) is 26.7 Å². The molecule has 0 saturated carbocycles. The van der Waals surface area contributed by atoms with Crippen molar-refractivity contribution in [3.05, 3.63) is 110 Å². The normalized spacial score (nSPS) is 8.59. The van der Waals surface area contributed by atoms with Crippen LogP contribution in [0.15, 0.2) is 105 Å².